The number of nitrogen functional groups attached to an aromatic ring is 2. The summed E-state index contributed by atoms with van der Waals surface area (Å²) in [5.41, 5.74) is 17.4. The third kappa shape index (κ3) is 5.01. The molecule has 0 amide bonds. The molecule has 0 saturated heterocycles. The first-order valence-corrected chi connectivity index (χ1v) is 9.18. The summed E-state index contributed by atoms with van der Waals surface area (Å²) in [5, 5.41) is 7.73. The molecule has 4 nitrogen and oxygen atoms in total. The van der Waals surface area contributed by atoms with Gasteiger partial charge in [0.2, 0.25) is 0 Å². The third-order valence-electron chi connectivity index (χ3n) is 4.48. The molecular formula is C24H25N3O. The Kier molecular flexibility index (Phi) is 6.12. The van der Waals surface area contributed by atoms with Crippen LogP contribution in [0.4, 0.5) is 5.69 Å². The molecule has 4 heteroatoms. The quantitative estimate of drug-likeness (QED) is 0.317. The number of ether oxygens (including phenoxy) is 1. The first kappa shape index (κ1) is 19.2. The average Bonchev–Trinajstić information content (AvgIpc) is 2.69. The lowest BCUT2D eigenvalue weighted by Crippen LogP contribution is -2.11. The zero-order valence-electron chi connectivity index (χ0n) is 16.0. The van der Waals surface area contributed by atoms with Crippen molar-refractivity contribution >= 4 is 17.6 Å². The van der Waals surface area contributed by atoms with Crippen LogP contribution in [-0.4, -0.2) is 5.84 Å². The highest BCUT2D eigenvalue weighted by Gasteiger charge is 2.07. The van der Waals surface area contributed by atoms with Gasteiger partial charge in [0.25, 0.3) is 0 Å². The largest absolute Gasteiger partial charge is 0.488 e. The van der Waals surface area contributed by atoms with Crippen molar-refractivity contribution in [2.45, 2.75) is 20.0 Å². The van der Waals surface area contributed by atoms with E-state index >= 15 is 0 Å². The number of amidine groups is 1. The van der Waals surface area contributed by atoms with Gasteiger partial charge in [-0.1, -0.05) is 60.2 Å². The molecule has 0 bridgehead atoms. The fourth-order valence-electron chi connectivity index (χ4n) is 3.01. The summed E-state index contributed by atoms with van der Waals surface area (Å²) < 4.78 is 6.05. The molecule has 28 heavy (non-hydrogen) atoms. The van der Waals surface area contributed by atoms with Crippen molar-refractivity contribution < 1.29 is 4.74 Å². The van der Waals surface area contributed by atoms with Crippen molar-refractivity contribution in [2.24, 2.45) is 5.73 Å². The monoisotopic (exact) mass is 371 g/mol. The van der Waals surface area contributed by atoms with Gasteiger partial charge in [-0.3, -0.25) is 5.41 Å². The molecule has 5 N–H and O–H groups in total. The van der Waals surface area contributed by atoms with Crippen LogP contribution in [-0.2, 0) is 13.0 Å². The second-order valence-electron chi connectivity index (χ2n) is 6.81. The highest BCUT2D eigenvalue weighted by atomic mass is 16.5. The molecule has 0 spiro atoms. The number of nitrogens with two attached hydrogens (primary N) is 2. The maximum Gasteiger partial charge on any atom is 0.127 e. The van der Waals surface area contributed by atoms with Gasteiger partial charge in [-0.05, 0) is 48.7 Å². The first-order valence-electron chi connectivity index (χ1n) is 9.18. The van der Waals surface area contributed by atoms with E-state index in [0.717, 1.165) is 40.1 Å². The van der Waals surface area contributed by atoms with E-state index in [2.05, 4.69) is 13.0 Å². The van der Waals surface area contributed by atoms with Gasteiger partial charge in [-0.15, -0.1) is 0 Å². The lowest BCUT2D eigenvalue weighted by atomic mass is 10.0. The van der Waals surface area contributed by atoms with E-state index in [4.69, 9.17) is 21.6 Å². The van der Waals surface area contributed by atoms with Crippen LogP contribution in [0.15, 0.2) is 78.4 Å². The van der Waals surface area contributed by atoms with Crippen molar-refractivity contribution in [3.05, 3.63) is 101 Å². The molecule has 0 saturated carbocycles. The van der Waals surface area contributed by atoms with Crippen LogP contribution in [0.5, 0.6) is 5.75 Å². The zero-order chi connectivity index (χ0) is 19.9. The molecule has 0 aliphatic rings. The topological polar surface area (TPSA) is 85.1 Å². The van der Waals surface area contributed by atoms with Crippen molar-refractivity contribution in [3.63, 3.8) is 0 Å². The summed E-state index contributed by atoms with van der Waals surface area (Å²) in [7, 11) is 0. The minimum absolute atomic E-state index is 0.0363. The maximum absolute atomic E-state index is 7.73. The Balaban J connectivity index is 1.86. The van der Waals surface area contributed by atoms with E-state index in [1.54, 1.807) is 0 Å². The van der Waals surface area contributed by atoms with E-state index in [9.17, 15) is 0 Å². The van der Waals surface area contributed by atoms with Gasteiger partial charge in [0.05, 0.1) is 0 Å². The molecule has 3 aromatic rings. The SMILES string of the molecule is C/C(=C\c1cc(C(=N)N)ccc1OCc1ccccc1)Cc1ccccc1N. The van der Waals surface area contributed by atoms with Gasteiger partial charge in [-0.25, -0.2) is 0 Å². The Morgan fingerprint density at radius 2 is 1.71 bits per heavy atom. The highest BCUT2D eigenvalue weighted by molar-refractivity contribution is 5.95. The molecule has 0 aliphatic carbocycles. The minimum Gasteiger partial charge on any atom is -0.488 e. The van der Waals surface area contributed by atoms with Crippen LogP contribution in [0.25, 0.3) is 6.08 Å². The van der Waals surface area contributed by atoms with Crippen molar-refractivity contribution in [3.8, 4) is 5.75 Å². The smallest absolute Gasteiger partial charge is 0.127 e. The summed E-state index contributed by atoms with van der Waals surface area (Å²) in [5.74, 6) is 0.795. The molecule has 0 radical (unpaired) electrons. The number of hydrogen-bond donors (Lipinski definition) is 3. The third-order valence-corrected chi connectivity index (χ3v) is 4.48. The van der Waals surface area contributed by atoms with Crippen LogP contribution in [0.3, 0.4) is 0 Å². The van der Waals surface area contributed by atoms with Crippen LogP contribution in [0.1, 0.15) is 29.2 Å². The Bertz CT molecular complexity index is 994. The predicted molar refractivity (Wildman–Crippen MR) is 116 cm³/mol. The Hall–Kier alpha value is -3.53. The van der Waals surface area contributed by atoms with E-state index in [1.165, 1.54) is 0 Å². The van der Waals surface area contributed by atoms with Crippen molar-refractivity contribution in [1.29, 1.82) is 5.41 Å². The highest BCUT2D eigenvalue weighted by Crippen LogP contribution is 2.26. The molecule has 0 aliphatic heterocycles. The van der Waals surface area contributed by atoms with E-state index in [1.807, 2.05) is 72.8 Å². The lowest BCUT2D eigenvalue weighted by Gasteiger charge is -2.12. The summed E-state index contributed by atoms with van der Waals surface area (Å²) in [6, 6.07) is 23.5. The molecule has 142 valence electrons. The molecule has 0 unspecified atom stereocenters. The van der Waals surface area contributed by atoms with Crippen LogP contribution >= 0.6 is 0 Å². The summed E-state index contributed by atoms with van der Waals surface area (Å²) in [6.45, 7) is 2.54. The van der Waals surface area contributed by atoms with Gasteiger partial charge < -0.3 is 16.2 Å². The van der Waals surface area contributed by atoms with Gasteiger partial charge >= 0.3 is 0 Å². The number of hydrogen-bond acceptors (Lipinski definition) is 3. The number of para-hydroxylation sites is 1. The van der Waals surface area contributed by atoms with Crippen LogP contribution < -0.4 is 16.2 Å². The standard InChI is InChI=1S/C24H25N3O/c1-17(13-19-9-5-6-10-22(19)25)14-21-15-20(24(26)27)11-12-23(21)28-16-18-7-3-2-4-8-18/h2-12,14-15H,13,16,25H2,1H3,(H3,26,27)/b17-14+. The van der Waals surface area contributed by atoms with Gasteiger partial charge in [0, 0.05) is 16.8 Å². The Morgan fingerprint density at radius 1 is 1.00 bits per heavy atom. The minimum atomic E-state index is 0.0363. The number of nitrogens with one attached hydrogen (secondary N) is 1. The summed E-state index contributed by atoms with van der Waals surface area (Å²) >= 11 is 0. The molecule has 3 aromatic carbocycles. The van der Waals surface area contributed by atoms with Gasteiger partial charge in [-0.2, -0.15) is 0 Å². The zero-order valence-corrected chi connectivity index (χ0v) is 16.0. The molecule has 0 fully saturated rings. The molecular weight excluding hydrogens is 346 g/mol. The van der Waals surface area contributed by atoms with E-state index < -0.39 is 0 Å². The van der Waals surface area contributed by atoms with Crippen molar-refractivity contribution in [1.82, 2.24) is 0 Å². The van der Waals surface area contributed by atoms with Crippen molar-refractivity contribution in [2.75, 3.05) is 5.73 Å². The van der Waals surface area contributed by atoms with Crippen LogP contribution in [0.2, 0.25) is 0 Å². The fourth-order valence-corrected chi connectivity index (χ4v) is 3.01. The lowest BCUT2D eigenvalue weighted by molar-refractivity contribution is 0.305. The predicted octanol–water partition coefficient (Wildman–Crippen LogP) is 4.78. The number of anilines is 1. The first-order chi connectivity index (χ1) is 13.5. The maximum atomic E-state index is 7.73. The number of benzene rings is 3. The van der Waals surface area contributed by atoms with Gasteiger partial charge in [0.1, 0.15) is 18.2 Å². The molecule has 0 aromatic heterocycles. The molecule has 0 atom stereocenters. The number of rotatable bonds is 7. The average molecular weight is 371 g/mol. The fraction of sp³-hybridized carbons (Fsp3) is 0.125. The van der Waals surface area contributed by atoms with Crippen LogP contribution in [0, 0.1) is 5.41 Å². The Morgan fingerprint density at radius 3 is 2.43 bits per heavy atom. The van der Waals surface area contributed by atoms with E-state index in [-0.39, 0.29) is 5.84 Å². The second kappa shape index (κ2) is 8.91. The second-order valence-corrected chi connectivity index (χ2v) is 6.81. The summed E-state index contributed by atoms with van der Waals surface area (Å²) in [6.07, 6.45) is 2.81. The summed E-state index contributed by atoms with van der Waals surface area (Å²) in [4.78, 5) is 0. The van der Waals surface area contributed by atoms with Gasteiger partial charge in [0.15, 0.2) is 0 Å². The number of allylic oxidation sites excluding steroid dienone is 1. The van der Waals surface area contributed by atoms with E-state index in [0.29, 0.717) is 12.2 Å². The molecule has 3 rings (SSSR count). The Labute approximate surface area is 166 Å². The molecule has 0 heterocycles. The normalized spacial score (nSPS) is 11.2.